The van der Waals surface area contributed by atoms with Crippen molar-refractivity contribution in [1.29, 1.82) is 0 Å². The van der Waals surface area contributed by atoms with Gasteiger partial charge in [0.1, 0.15) is 0 Å². The maximum atomic E-state index is 12.9. The number of hydrogen-bond donors (Lipinski definition) is 0. The second-order valence-corrected chi connectivity index (χ2v) is 6.99. The molecule has 0 fully saturated rings. The Balaban J connectivity index is 2.53. The average molecular weight is 332 g/mol. The van der Waals surface area contributed by atoms with Crippen LogP contribution in [-0.2, 0) is 0 Å². The Kier molecular flexibility index (Phi) is 11.3. The fraction of sp³-hybridized carbons (Fsp3) is 0.682. The highest BCUT2D eigenvalue weighted by molar-refractivity contribution is 5.94. The molecule has 2 nitrogen and oxygen atoms in total. The van der Waals surface area contributed by atoms with E-state index in [0.717, 1.165) is 37.1 Å². The molecule has 0 aliphatic rings. The maximum Gasteiger partial charge on any atom is 0.253 e. The monoisotopic (exact) mass is 331 g/mol. The lowest BCUT2D eigenvalue weighted by Gasteiger charge is -2.23. The van der Waals surface area contributed by atoms with Gasteiger partial charge in [0.15, 0.2) is 0 Å². The Bertz CT molecular complexity index is 441. The van der Waals surface area contributed by atoms with Gasteiger partial charge in [0.05, 0.1) is 0 Å². The number of nitrogens with zero attached hydrogens (tertiary/aromatic N) is 1. The van der Waals surface area contributed by atoms with Crippen molar-refractivity contribution in [3.05, 3.63) is 35.4 Å². The molecule has 1 aromatic rings. The third-order valence-corrected chi connectivity index (χ3v) is 4.62. The van der Waals surface area contributed by atoms with Crippen LogP contribution in [0.15, 0.2) is 24.3 Å². The van der Waals surface area contributed by atoms with Gasteiger partial charge in [-0.1, -0.05) is 82.9 Å². The SMILES string of the molecule is CCCCCCCN(CCCCCCC)C(=O)c1cccc(C)c1. The molecule has 136 valence electrons. The summed E-state index contributed by atoms with van der Waals surface area (Å²) in [5, 5.41) is 0. The summed E-state index contributed by atoms with van der Waals surface area (Å²) in [4.78, 5) is 15.0. The lowest BCUT2D eigenvalue weighted by atomic mass is 10.1. The van der Waals surface area contributed by atoms with Gasteiger partial charge in [-0.2, -0.15) is 0 Å². The third kappa shape index (κ3) is 8.52. The van der Waals surface area contributed by atoms with Gasteiger partial charge in [0, 0.05) is 18.7 Å². The van der Waals surface area contributed by atoms with Crippen LogP contribution in [0.25, 0.3) is 0 Å². The average Bonchev–Trinajstić information content (AvgIpc) is 2.59. The molecule has 0 heterocycles. The summed E-state index contributed by atoms with van der Waals surface area (Å²) >= 11 is 0. The summed E-state index contributed by atoms with van der Waals surface area (Å²) in [5.41, 5.74) is 2.00. The molecule has 0 aliphatic carbocycles. The van der Waals surface area contributed by atoms with Crippen molar-refractivity contribution in [2.45, 2.75) is 85.0 Å². The molecule has 0 aromatic heterocycles. The molecule has 1 rings (SSSR count). The number of rotatable bonds is 13. The number of hydrogen-bond acceptors (Lipinski definition) is 1. The Hall–Kier alpha value is -1.31. The van der Waals surface area contributed by atoms with Gasteiger partial charge in [0.2, 0.25) is 0 Å². The van der Waals surface area contributed by atoms with Crippen LogP contribution in [-0.4, -0.2) is 23.9 Å². The zero-order valence-corrected chi connectivity index (χ0v) is 16.2. The molecule has 0 unspecified atom stereocenters. The van der Waals surface area contributed by atoms with Crippen molar-refractivity contribution in [2.24, 2.45) is 0 Å². The zero-order chi connectivity index (χ0) is 17.6. The summed E-state index contributed by atoms with van der Waals surface area (Å²) in [6, 6.07) is 8.01. The fourth-order valence-electron chi connectivity index (χ4n) is 3.09. The highest BCUT2D eigenvalue weighted by Gasteiger charge is 2.15. The van der Waals surface area contributed by atoms with E-state index in [4.69, 9.17) is 0 Å². The molecule has 0 bridgehead atoms. The molecular weight excluding hydrogens is 294 g/mol. The lowest BCUT2D eigenvalue weighted by molar-refractivity contribution is 0.0749. The second kappa shape index (κ2) is 13.0. The molecule has 0 saturated carbocycles. The third-order valence-electron chi connectivity index (χ3n) is 4.62. The number of carbonyl (C=O) groups is 1. The Morgan fingerprint density at radius 1 is 0.833 bits per heavy atom. The van der Waals surface area contributed by atoms with Crippen molar-refractivity contribution >= 4 is 5.91 Å². The first-order valence-corrected chi connectivity index (χ1v) is 10.0. The second-order valence-electron chi connectivity index (χ2n) is 6.99. The van der Waals surface area contributed by atoms with Crippen molar-refractivity contribution < 1.29 is 4.79 Å². The fourth-order valence-corrected chi connectivity index (χ4v) is 3.09. The van der Waals surface area contributed by atoms with Gasteiger partial charge >= 0.3 is 0 Å². The predicted molar refractivity (Wildman–Crippen MR) is 105 cm³/mol. The molecule has 0 radical (unpaired) electrons. The van der Waals surface area contributed by atoms with Crippen LogP contribution in [0.3, 0.4) is 0 Å². The number of carbonyl (C=O) groups excluding carboxylic acids is 1. The summed E-state index contributed by atoms with van der Waals surface area (Å²) in [6.45, 7) is 8.35. The van der Waals surface area contributed by atoms with Crippen LogP contribution < -0.4 is 0 Å². The zero-order valence-electron chi connectivity index (χ0n) is 16.2. The number of unbranched alkanes of at least 4 members (excludes halogenated alkanes) is 8. The van der Waals surface area contributed by atoms with E-state index in [1.54, 1.807) is 0 Å². The van der Waals surface area contributed by atoms with Crippen molar-refractivity contribution in [1.82, 2.24) is 4.90 Å². The quantitative estimate of drug-likeness (QED) is 0.384. The summed E-state index contributed by atoms with van der Waals surface area (Å²) < 4.78 is 0. The standard InChI is InChI=1S/C22H37NO/c1-4-6-8-10-12-17-23(18-13-11-9-7-5-2)22(24)21-16-14-15-20(3)19-21/h14-16,19H,4-13,17-18H2,1-3H3. The van der Waals surface area contributed by atoms with E-state index < -0.39 is 0 Å². The molecule has 0 aliphatic heterocycles. The molecular formula is C22H37NO. The van der Waals surface area contributed by atoms with Crippen LogP contribution >= 0.6 is 0 Å². The lowest BCUT2D eigenvalue weighted by Crippen LogP contribution is -2.33. The first-order valence-electron chi connectivity index (χ1n) is 10.0. The minimum atomic E-state index is 0.213. The molecule has 0 atom stereocenters. The van der Waals surface area contributed by atoms with E-state index in [1.807, 2.05) is 18.2 Å². The minimum Gasteiger partial charge on any atom is -0.339 e. The Morgan fingerprint density at radius 2 is 1.38 bits per heavy atom. The topological polar surface area (TPSA) is 20.3 Å². The normalized spacial score (nSPS) is 10.8. The van der Waals surface area contributed by atoms with E-state index in [-0.39, 0.29) is 5.91 Å². The van der Waals surface area contributed by atoms with E-state index in [1.165, 1.54) is 51.4 Å². The smallest absolute Gasteiger partial charge is 0.253 e. The van der Waals surface area contributed by atoms with Gasteiger partial charge in [-0.05, 0) is 31.9 Å². The van der Waals surface area contributed by atoms with E-state index in [0.29, 0.717) is 0 Å². The molecule has 0 N–H and O–H groups in total. The van der Waals surface area contributed by atoms with Gasteiger partial charge in [-0.3, -0.25) is 4.79 Å². The highest BCUT2D eigenvalue weighted by Crippen LogP contribution is 2.12. The van der Waals surface area contributed by atoms with Crippen LogP contribution in [0.5, 0.6) is 0 Å². The summed E-state index contributed by atoms with van der Waals surface area (Å²) in [7, 11) is 0. The molecule has 0 saturated heterocycles. The van der Waals surface area contributed by atoms with Crippen molar-refractivity contribution in [3.8, 4) is 0 Å². The molecule has 24 heavy (non-hydrogen) atoms. The molecule has 0 spiro atoms. The minimum absolute atomic E-state index is 0.213. The van der Waals surface area contributed by atoms with Crippen molar-refractivity contribution in [2.75, 3.05) is 13.1 Å². The Morgan fingerprint density at radius 3 is 1.88 bits per heavy atom. The van der Waals surface area contributed by atoms with E-state index >= 15 is 0 Å². The molecule has 1 amide bonds. The molecule has 1 aromatic carbocycles. The van der Waals surface area contributed by atoms with E-state index in [2.05, 4.69) is 31.7 Å². The highest BCUT2D eigenvalue weighted by atomic mass is 16.2. The largest absolute Gasteiger partial charge is 0.339 e. The van der Waals surface area contributed by atoms with Crippen LogP contribution in [0, 0.1) is 6.92 Å². The first-order chi connectivity index (χ1) is 11.7. The van der Waals surface area contributed by atoms with Gasteiger partial charge in [0.25, 0.3) is 5.91 Å². The maximum absolute atomic E-state index is 12.9. The molecule has 2 heteroatoms. The van der Waals surface area contributed by atoms with Crippen molar-refractivity contribution in [3.63, 3.8) is 0 Å². The van der Waals surface area contributed by atoms with Gasteiger partial charge in [-0.15, -0.1) is 0 Å². The van der Waals surface area contributed by atoms with Gasteiger partial charge < -0.3 is 4.90 Å². The summed E-state index contributed by atoms with van der Waals surface area (Å²) in [5.74, 6) is 0.213. The van der Waals surface area contributed by atoms with Crippen LogP contribution in [0.2, 0.25) is 0 Å². The van der Waals surface area contributed by atoms with Crippen LogP contribution in [0.1, 0.15) is 94.0 Å². The number of benzene rings is 1. The van der Waals surface area contributed by atoms with Gasteiger partial charge in [-0.25, -0.2) is 0 Å². The van der Waals surface area contributed by atoms with Crippen LogP contribution in [0.4, 0.5) is 0 Å². The Labute approximate surface area is 149 Å². The first kappa shape index (κ1) is 20.7. The predicted octanol–water partition coefficient (Wildman–Crippen LogP) is 6.38. The number of amides is 1. The number of aryl methyl sites for hydroxylation is 1. The summed E-state index contributed by atoms with van der Waals surface area (Å²) in [6.07, 6.45) is 12.5. The van der Waals surface area contributed by atoms with E-state index in [9.17, 15) is 4.79 Å².